The minimum atomic E-state index is 0.401. The van der Waals surface area contributed by atoms with Gasteiger partial charge in [0.1, 0.15) is 0 Å². The van der Waals surface area contributed by atoms with E-state index in [-0.39, 0.29) is 0 Å². The second-order valence-electron chi connectivity index (χ2n) is 5.31. The van der Waals surface area contributed by atoms with Crippen molar-refractivity contribution >= 4 is 0 Å². The van der Waals surface area contributed by atoms with E-state index in [1.54, 1.807) is 0 Å². The fourth-order valence-corrected chi connectivity index (χ4v) is 3.45. The van der Waals surface area contributed by atoms with Crippen molar-refractivity contribution in [2.24, 2.45) is 23.5 Å². The van der Waals surface area contributed by atoms with Gasteiger partial charge >= 0.3 is 0 Å². The predicted molar refractivity (Wildman–Crippen MR) is 61.0 cm³/mol. The lowest BCUT2D eigenvalue weighted by Gasteiger charge is -2.28. The normalized spacial score (nSPS) is 37.4. The predicted octanol–water partition coefficient (Wildman–Crippen LogP) is 3.11. The smallest absolute Gasteiger partial charge is 0.0107 e. The van der Waals surface area contributed by atoms with Crippen molar-refractivity contribution < 1.29 is 0 Å². The molecule has 0 aliphatic heterocycles. The van der Waals surface area contributed by atoms with E-state index < -0.39 is 0 Å². The van der Waals surface area contributed by atoms with Gasteiger partial charge < -0.3 is 5.73 Å². The van der Waals surface area contributed by atoms with Gasteiger partial charge in [0, 0.05) is 6.04 Å². The molecule has 0 amide bonds. The van der Waals surface area contributed by atoms with E-state index in [2.05, 4.69) is 13.5 Å². The summed E-state index contributed by atoms with van der Waals surface area (Å²) in [5.41, 5.74) is 7.61. The Morgan fingerprint density at radius 1 is 1.43 bits per heavy atom. The zero-order chi connectivity index (χ0) is 10.1. The van der Waals surface area contributed by atoms with Crippen molar-refractivity contribution in [2.75, 3.05) is 0 Å². The van der Waals surface area contributed by atoms with Gasteiger partial charge in [-0.1, -0.05) is 25.5 Å². The van der Waals surface area contributed by atoms with Crippen LogP contribution in [0.3, 0.4) is 0 Å². The van der Waals surface area contributed by atoms with Crippen molar-refractivity contribution in [1.82, 2.24) is 0 Å². The van der Waals surface area contributed by atoms with Crippen LogP contribution in [0, 0.1) is 17.8 Å². The Labute approximate surface area is 87.8 Å². The zero-order valence-electron chi connectivity index (χ0n) is 9.34. The molecule has 2 bridgehead atoms. The molecule has 0 aromatic rings. The molecule has 2 aliphatic carbocycles. The minimum Gasteiger partial charge on any atom is -0.327 e. The molecule has 0 aromatic heterocycles. The minimum absolute atomic E-state index is 0.401. The summed E-state index contributed by atoms with van der Waals surface area (Å²) in [6, 6.07) is 0.401. The highest BCUT2D eigenvalue weighted by atomic mass is 14.7. The summed E-state index contributed by atoms with van der Waals surface area (Å²) in [5.74, 6) is 2.79. The van der Waals surface area contributed by atoms with Crippen molar-refractivity contribution in [3.8, 4) is 0 Å². The standard InChI is InChI=1S/C13H23N/c1-3-9(2)6-13(14)12-8-10-4-5-11(12)7-10/h10-13H,2-8,14H2,1H3. The molecule has 0 heterocycles. The molecule has 0 spiro atoms. The van der Waals surface area contributed by atoms with E-state index in [0.29, 0.717) is 6.04 Å². The fraction of sp³-hybridized carbons (Fsp3) is 0.846. The van der Waals surface area contributed by atoms with Gasteiger partial charge in [0.2, 0.25) is 0 Å². The molecule has 0 aromatic carbocycles. The summed E-state index contributed by atoms with van der Waals surface area (Å²) < 4.78 is 0. The third-order valence-electron chi connectivity index (χ3n) is 4.37. The largest absolute Gasteiger partial charge is 0.327 e. The molecular formula is C13H23N. The van der Waals surface area contributed by atoms with Crippen molar-refractivity contribution in [3.63, 3.8) is 0 Å². The molecular weight excluding hydrogens is 170 g/mol. The topological polar surface area (TPSA) is 26.0 Å². The molecule has 2 rings (SSSR count). The maximum atomic E-state index is 6.28. The molecule has 0 saturated heterocycles. The van der Waals surface area contributed by atoms with Crippen LogP contribution in [0.5, 0.6) is 0 Å². The Kier molecular flexibility index (Phi) is 2.96. The average molecular weight is 193 g/mol. The first kappa shape index (κ1) is 10.2. The lowest BCUT2D eigenvalue weighted by Crippen LogP contribution is -2.33. The van der Waals surface area contributed by atoms with Crippen molar-refractivity contribution in [1.29, 1.82) is 0 Å². The second kappa shape index (κ2) is 4.06. The molecule has 2 N–H and O–H groups in total. The van der Waals surface area contributed by atoms with Crippen LogP contribution in [0.15, 0.2) is 12.2 Å². The van der Waals surface area contributed by atoms with Gasteiger partial charge in [0.25, 0.3) is 0 Å². The lowest BCUT2D eigenvalue weighted by atomic mass is 9.81. The molecule has 2 fully saturated rings. The monoisotopic (exact) mass is 193 g/mol. The summed E-state index contributed by atoms with van der Waals surface area (Å²) in [7, 11) is 0. The van der Waals surface area contributed by atoms with Gasteiger partial charge in [0.05, 0.1) is 0 Å². The number of nitrogens with two attached hydrogens (primary N) is 1. The molecule has 1 heteroatoms. The van der Waals surface area contributed by atoms with E-state index >= 15 is 0 Å². The van der Waals surface area contributed by atoms with Crippen LogP contribution in [-0.4, -0.2) is 6.04 Å². The van der Waals surface area contributed by atoms with Gasteiger partial charge in [-0.3, -0.25) is 0 Å². The highest BCUT2D eigenvalue weighted by molar-refractivity contribution is 5.01. The lowest BCUT2D eigenvalue weighted by molar-refractivity contribution is 0.279. The number of hydrogen-bond donors (Lipinski definition) is 1. The van der Waals surface area contributed by atoms with E-state index in [9.17, 15) is 0 Å². The molecule has 14 heavy (non-hydrogen) atoms. The molecule has 4 unspecified atom stereocenters. The quantitative estimate of drug-likeness (QED) is 0.682. The molecule has 80 valence electrons. The van der Waals surface area contributed by atoms with Gasteiger partial charge in [0.15, 0.2) is 0 Å². The van der Waals surface area contributed by atoms with Crippen LogP contribution in [0.4, 0.5) is 0 Å². The Balaban J connectivity index is 1.86. The molecule has 4 atom stereocenters. The average Bonchev–Trinajstić information content (AvgIpc) is 2.78. The summed E-state index contributed by atoms with van der Waals surface area (Å²) in [6.07, 6.45) is 7.95. The highest BCUT2D eigenvalue weighted by Gasteiger charge is 2.41. The highest BCUT2D eigenvalue weighted by Crippen LogP contribution is 2.49. The van der Waals surface area contributed by atoms with E-state index in [4.69, 9.17) is 5.73 Å². The summed E-state index contributed by atoms with van der Waals surface area (Å²) in [4.78, 5) is 0. The zero-order valence-corrected chi connectivity index (χ0v) is 9.34. The molecule has 0 radical (unpaired) electrons. The van der Waals surface area contributed by atoms with Crippen LogP contribution in [0.1, 0.15) is 45.4 Å². The number of fused-ring (bicyclic) bond motifs is 2. The van der Waals surface area contributed by atoms with Gasteiger partial charge in [-0.2, -0.15) is 0 Å². The summed E-state index contributed by atoms with van der Waals surface area (Å²) in [5, 5.41) is 0. The molecule has 1 nitrogen and oxygen atoms in total. The first-order valence-corrected chi connectivity index (χ1v) is 6.13. The molecule has 2 aliphatic rings. The van der Waals surface area contributed by atoms with Crippen LogP contribution in [0.2, 0.25) is 0 Å². The third kappa shape index (κ3) is 1.88. The van der Waals surface area contributed by atoms with Gasteiger partial charge in [-0.25, -0.2) is 0 Å². The van der Waals surface area contributed by atoms with Crippen molar-refractivity contribution in [3.05, 3.63) is 12.2 Å². The van der Waals surface area contributed by atoms with E-state index in [1.165, 1.54) is 31.3 Å². The summed E-state index contributed by atoms with van der Waals surface area (Å²) >= 11 is 0. The van der Waals surface area contributed by atoms with E-state index in [0.717, 1.165) is 30.6 Å². The van der Waals surface area contributed by atoms with Crippen molar-refractivity contribution in [2.45, 2.75) is 51.5 Å². The SMILES string of the molecule is C=C(CC)CC(N)C1CC2CCC1C2. The Morgan fingerprint density at radius 3 is 2.71 bits per heavy atom. The van der Waals surface area contributed by atoms with Crippen LogP contribution in [-0.2, 0) is 0 Å². The first-order chi connectivity index (χ1) is 6.70. The van der Waals surface area contributed by atoms with Gasteiger partial charge in [-0.05, 0) is 49.9 Å². The van der Waals surface area contributed by atoms with Crippen LogP contribution < -0.4 is 5.73 Å². The van der Waals surface area contributed by atoms with Crippen LogP contribution in [0.25, 0.3) is 0 Å². The molecule has 2 saturated carbocycles. The first-order valence-electron chi connectivity index (χ1n) is 6.13. The summed E-state index contributed by atoms with van der Waals surface area (Å²) in [6.45, 7) is 6.24. The fourth-order valence-electron chi connectivity index (χ4n) is 3.45. The van der Waals surface area contributed by atoms with E-state index in [1.807, 2.05) is 0 Å². The van der Waals surface area contributed by atoms with Gasteiger partial charge in [-0.15, -0.1) is 0 Å². The maximum Gasteiger partial charge on any atom is 0.0107 e. The Hall–Kier alpha value is -0.300. The maximum absolute atomic E-state index is 6.28. The Bertz CT molecular complexity index is 221. The second-order valence-corrected chi connectivity index (χ2v) is 5.31. The number of rotatable bonds is 4. The Morgan fingerprint density at radius 2 is 2.21 bits per heavy atom. The third-order valence-corrected chi connectivity index (χ3v) is 4.37. The number of hydrogen-bond acceptors (Lipinski definition) is 1. The van der Waals surface area contributed by atoms with Crippen LogP contribution >= 0.6 is 0 Å².